The van der Waals surface area contributed by atoms with Gasteiger partial charge in [-0.1, -0.05) is 0 Å². The lowest BCUT2D eigenvalue weighted by Gasteiger charge is -2.08. The van der Waals surface area contributed by atoms with Crippen LogP contribution in [0.2, 0.25) is 0 Å². The van der Waals surface area contributed by atoms with Gasteiger partial charge in [0, 0.05) is 13.1 Å². The normalized spacial score (nSPS) is 10.1. The highest BCUT2D eigenvalue weighted by Gasteiger charge is 2.15. The fourth-order valence-corrected chi connectivity index (χ4v) is 1.64. The Bertz CT molecular complexity index is 703. The number of hydrogen-bond acceptors (Lipinski definition) is 4. The Kier molecular flexibility index (Phi) is 3.66. The number of halogens is 1. The first-order valence-electron chi connectivity index (χ1n) is 5.59. The average molecular weight is 275 g/mol. The molecule has 0 saturated carbocycles. The summed E-state index contributed by atoms with van der Waals surface area (Å²) in [7, 11) is 1.59. The fraction of sp³-hybridized carbons (Fsp3) is 0.154. The van der Waals surface area contributed by atoms with E-state index in [1.165, 1.54) is 23.0 Å². The summed E-state index contributed by atoms with van der Waals surface area (Å²) >= 11 is 0. The molecule has 0 aliphatic carbocycles. The zero-order valence-electron chi connectivity index (χ0n) is 10.5. The number of aryl methyl sites for hydroxylation is 1. The summed E-state index contributed by atoms with van der Waals surface area (Å²) in [6.45, 7) is -0.0660. The van der Waals surface area contributed by atoms with Crippen molar-refractivity contribution in [2.24, 2.45) is 7.05 Å². The molecule has 1 aromatic carbocycles. The summed E-state index contributed by atoms with van der Waals surface area (Å²) in [6.07, 6.45) is 1.22. The van der Waals surface area contributed by atoms with Gasteiger partial charge in [-0.25, -0.2) is 9.18 Å². The first-order chi connectivity index (χ1) is 9.52. The van der Waals surface area contributed by atoms with Gasteiger partial charge in [-0.3, -0.25) is 4.68 Å². The van der Waals surface area contributed by atoms with E-state index in [0.717, 1.165) is 6.07 Å². The standard InChI is InChI=1S/C13H10FN3O3/c1-17-12(10(6-16-17)13(18)19)7-20-9-3-2-8(5-15)11(14)4-9/h2-4,6H,7H2,1H3,(H,18,19). The zero-order valence-corrected chi connectivity index (χ0v) is 10.5. The maximum absolute atomic E-state index is 13.4. The van der Waals surface area contributed by atoms with Crippen molar-refractivity contribution in [2.75, 3.05) is 0 Å². The van der Waals surface area contributed by atoms with Gasteiger partial charge in [0.2, 0.25) is 0 Å². The number of nitrogens with zero attached hydrogens (tertiary/aromatic N) is 3. The summed E-state index contributed by atoms with van der Waals surface area (Å²) in [4.78, 5) is 11.0. The molecule has 102 valence electrons. The molecule has 0 bridgehead atoms. The van der Waals surface area contributed by atoms with Crippen molar-refractivity contribution in [3.63, 3.8) is 0 Å². The van der Waals surface area contributed by atoms with Crippen LogP contribution in [0.25, 0.3) is 0 Å². The summed E-state index contributed by atoms with van der Waals surface area (Å²) in [6, 6.07) is 5.52. The molecule has 0 aliphatic rings. The van der Waals surface area contributed by atoms with Crippen molar-refractivity contribution >= 4 is 5.97 Å². The molecule has 7 heteroatoms. The SMILES string of the molecule is Cn1ncc(C(=O)O)c1COc1ccc(C#N)c(F)c1. The van der Waals surface area contributed by atoms with Gasteiger partial charge >= 0.3 is 5.97 Å². The second-order valence-corrected chi connectivity index (χ2v) is 3.98. The van der Waals surface area contributed by atoms with Crippen LogP contribution in [0.4, 0.5) is 4.39 Å². The second-order valence-electron chi connectivity index (χ2n) is 3.98. The lowest BCUT2D eigenvalue weighted by Crippen LogP contribution is -2.08. The number of benzene rings is 1. The van der Waals surface area contributed by atoms with E-state index in [1.54, 1.807) is 13.1 Å². The van der Waals surface area contributed by atoms with Crippen molar-refractivity contribution < 1.29 is 19.0 Å². The van der Waals surface area contributed by atoms with Gasteiger partial charge in [0.25, 0.3) is 0 Å². The molecule has 0 atom stereocenters. The Morgan fingerprint density at radius 1 is 1.60 bits per heavy atom. The first-order valence-corrected chi connectivity index (χ1v) is 5.59. The van der Waals surface area contributed by atoms with Crippen LogP contribution in [0.15, 0.2) is 24.4 Å². The predicted molar refractivity (Wildman–Crippen MR) is 65.6 cm³/mol. The molecule has 1 N–H and O–H groups in total. The van der Waals surface area contributed by atoms with Crippen LogP contribution in [-0.4, -0.2) is 20.9 Å². The molecule has 0 saturated heterocycles. The Hall–Kier alpha value is -2.88. The quantitative estimate of drug-likeness (QED) is 0.917. The molecule has 20 heavy (non-hydrogen) atoms. The smallest absolute Gasteiger partial charge is 0.339 e. The number of aromatic nitrogens is 2. The fourth-order valence-electron chi connectivity index (χ4n) is 1.64. The maximum atomic E-state index is 13.4. The molecular weight excluding hydrogens is 265 g/mol. The molecule has 0 spiro atoms. The molecule has 1 aromatic heterocycles. The summed E-state index contributed by atoms with van der Waals surface area (Å²) in [5.41, 5.74) is 0.313. The molecule has 0 aliphatic heterocycles. The third-order valence-corrected chi connectivity index (χ3v) is 2.73. The lowest BCUT2D eigenvalue weighted by molar-refractivity contribution is 0.0693. The van der Waals surface area contributed by atoms with Crippen molar-refractivity contribution in [1.82, 2.24) is 9.78 Å². The van der Waals surface area contributed by atoms with Crippen LogP contribution >= 0.6 is 0 Å². The van der Waals surface area contributed by atoms with E-state index in [-0.39, 0.29) is 23.5 Å². The second kappa shape index (κ2) is 5.40. The van der Waals surface area contributed by atoms with Crippen LogP contribution in [-0.2, 0) is 13.7 Å². The number of carbonyl (C=O) groups is 1. The van der Waals surface area contributed by atoms with Crippen LogP contribution in [0.3, 0.4) is 0 Å². The monoisotopic (exact) mass is 275 g/mol. The van der Waals surface area contributed by atoms with Gasteiger partial charge in [-0.2, -0.15) is 10.4 Å². The molecule has 2 rings (SSSR count). The molecule has 1 heterocycles. The summed E-state index contributed by atoms with van der Waals surface area (Å²) in [5.74, 6) is -1.59. The van der Waals surface area contributed by atoms with Crippen LogP contribution in [0.1, 0.15) is 21.6 Å². The van der Waals surface area contributed by atoms with E-state index < -0.39 is 11.8 Å². The largest absolute Gasteiger partial charge is 0.487 e. The van der Waals surface area contributed by atoms with Crippen LogP contribution < -0.4 is 4.74 Å². The highest BCUT2D eigenvalue weighted by atomic mass is 19.1. The minimum Gasteiger partial charge on any atom is -0.487 e. The van der Waals surface area contributed by atoms with Crippen molar-refractivity contribution in [2.45, 2.75) is 6.61 Å². The minimum absolute atomic E-state index is 0.0293. The number of hydrogen-bond donors (Lipinski definition) is 1. The molecule has 0 fully saturated rings. The molecule has 2 aromatic rings. The van der Waals surface area contributed by atoms with Gasteiger partial charge in [0.15, 0.2) is 0 Å². The molecular formula is C13H10FN3O3. The minimum atomic E-state index is -1.11. The number of carboxylic acid groups (broad SMARTS) is 1. The van der Waals surface area contributed by atoms with Gasteiger partial charge in [0.05, 0.1) is 17.5 Å². The maximum Gasteiger partial charge on any atom is 0.339 e. The van der Waals surface area contributed by atoms with E-state index in [1.807, 2.05) is 0 Å². The Morgan fingerprint density at radius 3 is 2.95 bits per heavy atom. The van der Waals surface area contributed by atoms with Crippen molar-refractivity contribution in [1.29, 1.82) is 5.26 Å². The molecule has 6 nitrogen and oxygen atoms in total. The Morgan fingerprint density at radius 2 is 2.35 bits per heavy atom. The number of ether oxygens (including phenoxy) is 1. The van der Waals surface area contributed by atoms with E-state index in [2.05, 4.69) is 5.10 Å². The predicted octanol–water partition coefficient (Wildman–Crippen LogP) is 1.71. The Labute approximate surface area is 113 Å². The molecule has 0 radical (unpaired) electrons. The lowest BCUT2D eigenvalue weighted by atomic mass is 10.2. The molecule has 0 amide bonds. The Balaban J connectivity index is 2.17. The van der Waals surface area contributed by atoms with Gasteiger partial charge in [0.1, 0.15) is 29.8 Å². The summed E-state index contributed by atoms with van der Waals surface area (Å²) < 4.78 is 20.1. The summed E-state index contributed by atoms with van der Waals surface area (Å²) in [5, 5.41) is 21.4. The number of aromatic carboxylic acids is 1. The highest BCUT2D eigenvalue weighted by Crippen LogP contribution is 2.18. The van der Waals surface area contributed by atoms with E-state index in [4.69, 9.17) is 15.1 Å². The third kappa shape index (κ3) is 2.59. The van der Waals surface area contributed by atoms with Crippen molar-refractivity contribution in [3.05, 3.63) is 47.0 Å². The number of carboxylic acids is 1. The van der Waals surface area contributed by atoms with E-state index in [9.17, 15) is 9.18 Å². The average Bonchev–Trinajstić information content (AvgIpc) is 2.78. The van der Waals surface area contributed by atoms with Gasteiger partial charge < -0.3 is 9.84 Å². The van der Waals surface area contributed by atoms with Crippen molar-refractivity contribution in [3.8, 4) is 11.8 Å². The van der Waals surface area contributed by atoms with Crippen LogP contribution in [0, 0.1) is 17.1 Å². The highest BCUT2D eigenvalue weighted by molar-refractivity contribution is 5.88. The van der Waals surface area contributed by atoms with E-state index >= 15 is 0 Å². The van der Waals surface area contributed by atoms with Crippen LogP contribution in [0.5, 0.6) is 5.75 Å². The third-order valence-electron chi connectivity index (χ3n) is 2.73. The van der Waals surface area contributed by atoms with Gasteiger partial charge in [-0.15, -0.1) is 0 Å². The first kappa shape index (κ1) is 13.5. The van der Waals surface area contributed by atoms with Gasteiger partial charge in [-0.05, 0) is 12.1 Å². The number of nitriles is 1. The topological polar surface area (TPSA) is 88.1 Å². The molecule has 0 unspecified atom stereocenters. The van der Waals surface area contributed by atoms with E-state index in [0.29, 0.717) is 5.69 Å². The number of rotatable bonds is 4. The zero-order chi connectivity index (χ0) is 14.7.